The molecular weight excluding hydrogens is 587 g/mol. The normalized spacial score (nSPS) is 12.0. The van der Waals surface area contributed by atoms with Crippen LogP contribution in [0.4, 0.5) is 0 Å². The van der Waals surface area contributed by atoms with Crippen LogP contribution >= 0.6 is 22.6 Å². The van der Waals surface area contributed by atoms with E-state index in [-0.39, 0.29) is 17.8 Å². The van der Waals surface area contributed by atoms with E-state index in [1.807, 2.05) is 45.0 Å². The molecule has 2 aromatic rings. The lowest BCUT2D eigenvalue weighted by Crippen LogP contribution is -2.22. The van der Waals surface area contributed by atoms with Crippen molar-refractivity contribution in [2.75, 3.05) is 17.3 Å². The zero-order valence-corrected chi connectivity index (χ0v) is 26.1. The Morgan fingerprint density at radius 3 is 1.39 bits per heavy atom. The average Bonchev–Trinajstić information content (AvgIpc) is 2.74. The van der Waals surface area contributed by atoms with E-state index >= 15 is 0 Å². The van der Waals surface area contributed by atoms with Gasteiger partial charge < -0.3 is 9.47 Å². The Morgan fingerprint density at radius 2 is 1.06 bits per heavy atom. The van der Waals surface area contributed by atoms with Gasteiger partial charge in [-0.05, 0) is 120 Å². The highest BCUT2D eigenvalue weighted by molar-refractivity contribution is 14.1. The lowest BCUT2D eigenvalue weighted by molar-refractivity contribution is 0.130. The van der Waals surface area contributed by atoms with E-state index < -0.39 is 10.1 Å². The monoisotopic (exact) mass is 632 g/mol. The second-order valence-corrected chi connectivity index (χ2v) is 13.6. The van der Waals surface area contributed by atoms with E-state index in [0.29, 0.717) is 0 Å². The highest BCUT2D eigenvalue weighted by atomic mass is 127. The van der Waals surface area contributed by atoms with Gasteiger partial charge in [-0.25, -0.2) is 0 Å². The molecule has 2 aromatic carbocycles. The summed E-state index contributed by atoms with van der Waals surface area (Å²) in [6, 6.07) is 16.5. The highest BCUT2D eigenvalue weighted by Crippen LogP contribution is 2.20. The van der Waals surface area contributed by atoms with E-state index in [2.05, 4.69) is 67.6 Å². The smallest absolute Gasteiger partial charge is 0.264 e. The molecule has 36 heavy (non-hydrogen) atoms. The molecule has 0 radical (unpaired) electrons. The standard InChI is InChI=1S/C15H24O4S.C14H21IO/c1-15(2,3)19-14-10-8-13(9-11-14)7-5-6-12-18-20(4,16)17;1-14(2,3)16-13-9-7-12(8-10-13)6-4-5-11-15/h8-11H,5-7,12H2,1-4H3;7-10H,4-6,11H2,1-3H3. The van der Waals surface area contributed by atoms with Crippen LogP contribution in [0.3, 0.4) is 0 Å². The minimum Gasteiger partial charge on any atom is -0.488 e. The van der Waals surface area contributed by atoms with Gasteiger partial charge in [0.2, 0.25) is 0 Å². The first-order chi connectivity index (χ1) is 16.7. The van der Waals surface area contributed by atoms with Crippen LogP contribution in [0.5, 0.6) is 11.5 Å². The number of ether oxygens (including phenoxy) is 2. The SMILES string of the molecule is CC(C)(C)Oc1ccc(CCCCI)cc1.CC(C)(C)Oc1ccc(CCCCOS(C)(=O)=O)cc1. The largest absolute Gasteiger partial charge is 0.488 e. The van der Waals surface area contributed by atoms with Crippen LogP contribution in [0.25, 0.3) is 0 Å². The molecule has 0 spiro atoms. The van der Waals surface area contributed by atoms with Gasteiger partial charge in [0, 0.05) is 0 Å². The fourth-order valence-corrected chi connectivity index (χ4v) is 4.18. The van der Waals surface area contributed by atoms with Crippen molar-refractivity contribution in [3.8, 4) is 11.5 Å². The summed E-state index contributed by atoms with van der Waals surface area (Å²) < 4.78 is 39.0. The molecule has 0 heterocycles. The van der Waals surface area contributed by atoms with Crippen LogP contribution in [0.1, 0.15) is 78.4 Å². The third-order valence-electron chi connectivity index (χ3n) is 4.70. The van der Waals surface area contributed by atoms with Crippen molar-refractivity contribution >= 4 is 32.7 Å². The van der Waals surface area contributed by atoms with Crippen LogP contribution in [0, 0.1) is 0 Å². The van der Waals surface area contributed by atoms with Crippen molar-refractivity contribution in [2.45, 2.75) is 91.3 Å². The molecule has 0 N–H and O–H groups in total. The predicted octanol–water partition coefficient (Wildman–Crippen LogP) is 7.78. The van der Waals surface area contributed by atoms with E-state index in [1.54, 1.807) is 0 Å². The maximum absolute atomic E-state index is 10.8. The van der Waals surface area contributed by atoms with Gasteiger partial charge in [0.25, 0.3) is 10.1 Å². The summed E-state index contributed by atoms with van der Waals surface area (Å²) in [5.74, 6) is 1.83. The molecule has 7 heteroatoms. The molecule has 5 nitrogen and oxygen atoms in total. The summed E-state index contributed by atoms with van der Waals surface area (Å²) in [5.41, 5.74) is 2.32. The number of halogens is 1. The maximum Gasteiger partial charge on any atom is 0.264 e. The van der Waals surface area contributed by atoms with Crippen molar-refractivity contribution in [3.05, 3.63) is 59.7 Å². The van der Waals surface area contributed by atoms with Gasteiger partial charge in [-0.2, -0.15) is 8.42 Å². The Hall–Kier alpha value is -1.32. The van der Waals surface area contributed by atoms with E-state index in [1.165, 1.54) is 34.8 Å². The number of alkyl halides is 1. The zero-order chi connectivity index (χ0) is 27.2. The van der Waals surface area contributed by atoms with Crippen molar-refractivity contribution < 1.29 is 22.1 Å². The summed E-state index contributed by atoms with van der Waals surface area (Å²) in [5, 5.41) is 0. The topological polar surface area (TPSA) is 61.8 Å². The van der Waals surface area contributed by atoms with E-state index in [9.17, 15) is 8.42 Å². The Morgan fingerprint density at radius 1 is 0.667 bits per heavy atom. The molecule has 204 valence electrons. The quantitative estimate of drug-likeness (QED) is 0.104. The van der Waals surface area contributed by atoms with Gasteiger partial charge in [0.15, 0.2) is 0 Å². The van der Waals surface area contributed by atoms with Gasteiger partial charge in [0.05, 0.1) is 12.9 Å². The molecule has 0 aromatic heterocycles. The Labute approximate surface area is 233 Å². The van der Waals surface area contributed by atoms with Gasteiger partial charge >= 0.3 is 0 Å². The van der Waals surface area contributed by atoms with Crippen LogP contribution < -0.4 is 9.47 Å². The zero-order valence-electron chi connectivity index (χ0n) is 23.1. The minimum atomic E-state index is -3.31. The summed E-state index contributed by atoms with van der Waals surface area (Å²) in [4.78, 5) is 0. The van der Waals surface area contributed by atoms with Crippen molar-refractivity contribution in [3.63, 3.8) is 0 Å². The molecule has 0 saturated carbocycles. The van der Waals surface area contributed by atoms with Crippen molar-refractivity contribution in [1.82, 2.24) is 0 Å². The molecule has 2 rings (SSSR count). The first kappa shape index (κ1) is 32.7. The first-order valence-electron chi connectivity index (χ1n) is 12.6. The van der Waals surface area contributed by atoms with Gasteiger partial charge in [0.1, 0.15) is 22.7 Å². The Bertz CT molecular complexity index is 957. The summed E-state index contributed by atoms with van der Waals surface area (Å²) >= 11 is 2.43. The minimum absolute atomic E-state index is 0.108. The lowest BCUT2D eigenvalue weighted by Gasteiger charge is -2.21. The fraction of sp³-hybridized carbons (Fsp3) is 0.586. The van der Waals surface area contributed by atoms with Crippen LogP contribution in [0.15, 0.2) is 48.5 Å². The molecule has 0 saturated heterocycles. The summed E-state index contributed by atoms with van der Waals surface area (Å²) in [6.07, 6.45) is 7.37. The molecule has 0 aliphatic heterocycles. The number of hydrogen-bond acceptors (Lipinski definition) is 5. The van der Waals surface area contributed by atoms with Gasteiger partial charge in [-0.1, -0.05) is 46.9 Å². The molecule has 0 atom stereocenters. The molecule has 0 unspecified atom stereocenters. The number of hydrogen-bond donors (Lipinski definition) is 0. The maximum atomic E-state index is 10.8. The Balaban J connectivity index is 0.000000369. The number of aryl methyl sites for hydroxylation is 2. The van der Waals surface area contributed by atoms with Crippen LogP contribution in [-0.2, 0) is 27.1 Å². The second kappa shape index (κ2) is 15.8. The molecule has 0 aliphatic carbocycles. The molecular formula is C29H45IO5S. The summed E-state index contributed by atoms with van der Waals surface area (Å²) in [6.45, 7) is 12.5. The summed E-state index contributed by atoms with van der Waals surface area (Å²) in [7, 11) is -3.31. The van der Waals surface area contributed by atoms with Gasteiger partial charge in [-0.3, -0.25) is 4.18 Å². The third-order valence-corrected chi connectivity index (χ3v) is 6.06. The third kappa shape index (κ3) is 18.0. The highest BCUT2D eigenvalue weighted by Gasteiger charge is 2.12. The fourth-order valence-electron chi connectivity index (χ4n) is 3.22. The molecule has 0 fully saturated rings. The molecule has 0 bridgehead atoms. The lowest BCUT2D eigenvalue weighted by atomic mass is 10.1. The van der Waals surface area contributed by atoms with Crippen LogP contribution in [-0.4, -0.2) is 36.9 Å². The van der Waals surface area contributed by atoms with Crippen LogP contribution in [0.2, 0.25) is 0 Å². The number of rotatable bonds is 12. The molecule has 0 amide bonds. The predicted molar refractivity (Wildman–Crippen MR) is 159 cm³/mol. The Kier molecular flexibility index (Phi) is 14.4. The number of unbranched alkanes of at least 4 members (excludes halogenated alkanes) is 2. The number of benzene rings is 2. The first-order valence-corrected chi connectivity index (χ1v) is 16.0. The van der Waals surface area contributed by atoms with Crippen molar-refractivity contribution in [2.24, 2.45) is 0 Å². The molecule has 0 aliphatic rings. The van der Waals surface area contributed by atoms with Gasteiger partial charge in [-0.15, -0.1) is 0 Å². The van der Waals surface area contributed by atoms with Crippen molar-refractivity contribution in [1.29, 1.82) is 0 Å². The average molecular weight is 633 g/mol. The van der Waals surface area contributed by atoms with E-state index in [0.717, 1.165) is 37.0 Å². The van der Waals surface area contributed by atoms with E-state index in [4.69, 9.17) is 13.7 Å². The second-order valence-electron chi connectivity index (χ2n) is 10.8.